The number of urea groups is 1. The number of hydrogen-bond acceptors (Lipinski definition) is 3. The fourth-order valence-corrected chi connectivity index (χ4v) is 4.69. The molecule has 0 fully saturated rings. The van der Waals surface area contributed by atoms with Crippen molar-refractivity contribution in [3.63, 3.8) is 0 Å². The van der Waals surface area contributed by atoms with Crippen LogP contribution in [0.25, 0.3) is 10.9 Å². The molecule has 4 aromatic rings. The van der Waals surface area contributed by atoms with E-state index in [1.807, 2.05) is 61.7 Å². The zero-order valence-electron chi connectivity index (χ0n) is 23.7. The molecule has 0 saturated carbocycles. The summed E-state index contributed by atoms with van der Waals surface area (Å²) in [5.74, 6) is -0.271. The van der Waals surface area contributed by atoms with Crippen molar-refractivity contribution in [3.05, 3.63) is 101 Å². The van der Waals surface area contributed by atoms with Crippen LogP contribution in [0.15, 0.2) is 79.0 Å². The number of aromatic amines is 1. The van der Waals surface area contributed by atoms with E-state index in [1.165, 1.54) is 24.1 Å². The average molecular weight is 581 g/mol. The van der Waals surface area contributed by atoms with E-state index in [1.54, 1.807) is 4.90 Å². The quantitative estimate of drug-likeness (QED) is 0.185. The molecule has 0 radical (unpaired) electrons. The normalized spacial score (nSPS) is 11.5. The largest absolute Gasteiger partial charge is 0.416 e. The predicted octanol–water partition coefficient (Wildman–Crippen LogP) is 6.64. The summed E-state index contributed by atoms with van der Waals surface area (Å²) in [5.41, 5.74) is 3.27. The van der Waals surface area contributed by atoms with Crippen molar-refractivity contribution in [2.24, 2.45) is 0 Å². The smallest absolute Gasteiger partial charge is 0.385 e. The second kappa shape index (κ2) is 14.0. The van der Waals surface area contributed by atoms with Crippen molar-refractivity contribution in [2.75, 3.05) is 38.7 Å². The highest BCUT2D eigenvalue weighted by Gasteiger charge is 2.31. The number of para-hydroxylation sites is 1. The van der Waals surface area contributed by atoms with Crippen molar-refractivity contribution in [1.82, 2.24) is 14.8 Å². The van der Waals surface area contributed by atoms with E-state index >= 15 is 0 Å². The number of alkyl halides is 3. The number of fused-ring (bicyclic) bond motifs is 1. The Morgan fingerprint density at radius 3 is 2.45 bits per heavy atom. The summed E-state index contributed by atoms with van der Waals surface area (Å²) in [7, 11) is 1.53. The van der Waals surface area contributed by atoms with Crippen LogP contribution in [0.5, 0.6) is 0 Å². The molecule has 1 aromatic heterocycles. The molecule has 7 nitrogen and oxygen atoms in total. The second-order valence-corrected chi connectivity index (χ2v) is 10.2. The minimum atomic E-state index is -4.55. The number of amides is 3. The third-order valence-electron chi connectivity index (χ3n) is 7.00. The topological polar surface area (TPSA) is 77.7 Å². The predicted molar refractivity (Wildman–Crippen MR) is 157 cm³/mol. The molecule has 0 saturated heterocycles. The number of rotatable bonds is 12. The SMILES string of the molecule is COCCCN(CC(=O)N(CCc1c[nH]c2ccccc12)Cc1ccc(C)cc1)C(=O)Nc1cccc(C(F)(F)F)c1. The number of nitrogens with one attached hydrogen (secondary N) is 2. The summed E-state index contributed by atoms with van der Waals surface area (Å²) in [4.78, 5) is 33.3. The zero-order valence-corrected chi connectivity index (χ0v) is 23.7. The highest BCUT2D eigenvalue weighted by molar-refractivity contribution is 5.92. The lowest BCUT2D eigenvalue weighted by Gasteiger charge is -2.28. The monoisotopic (exact) mass is 580 g/mol. The number of ether oxygens (including phenoxy) is 1. The van der Waals surface area contributed by atoms with E-state index in [0.717, 1.165) is 39.7 Å². The number of aromatic nitrogens is 1. The standard InChI is InChI=1S/C32H35F3N4O3/c1-23-11-13-24(14-12-23)21-38(17-15-25-20-36-29-10-4-3-9-28(25)29)30(40)22-39(16-6-18-42-2)31(41)37-27-8-5-7-26(19-27)32(33,34)35/h3-5,7-14,19-20,36H,6,15-18,21-22H2,1-2H3,(H,37,41). The molecule has 10 heteroatoms. The van der Waals surface area contributed by atoms with Crippen LogP contribution < -0.4 is 5.32 Å². The summed E-state index contributed by atoms with van der Waals surface area (Å²) < 4.78 is 44.7. The second-order valence-electron chi connectivity index (χ2n) is 10.2. The van der Waals surface area contributed by atoms with Gasteiger partial charge < -0.3 is 24.8 Å². The fraction of sp³-hybridized carbons (Fsp3) is 0.312. The van der Waals surface area contributed by atoms with Gasteiger partial charge in [0.25, 0.3) is 0 Å². The molecule has 4 rings (SSSR count). The van der Waals surface area contributed by atoms with Crippen molar-refractivity contribution in [3.8, 4) is 0 Å². The van der Waals surface area contributed by atoms with Gasteiger partial charge in [-0.15, -0.1) is 0 Å². The maximum atomic E-state index is 13.7. The first-order valence-electron chi connectivity index (χ1n) is 13.7. The lowest BCUT2D eigenvalue weighted by atomic mass is 10.1. The molecule has 0 aliphatic heterocycles. The minimum Gasteiger partial charge on any atom is -0.385 e. The highest BCUT2D eigenvalue weighted by atomic mass is 19.4. The maximum Gasteiger partial charge on any atom is 0.416 e. The van der Waals surface area contributed by atoms with Gasteiger partial charge in [-0.25, -0.2) is 4.79 Å². The van der Waals surface area contributed by atoms with Crippen molar-refractivity contribution in [1.29, 1.82) is 0 Å². The third kappa shape index (κ3) is 8.36. The Bertz CT molecular complexity index is 1480. The van der Waals surface area contributed by atoms with Crippen LogP contribution in [0, 0.1) is 6.92 Å². The number of methoxy groups -OCH3 is 1. The van der Waals surface area contributed by atoms with E-state index < -0.39 is 17.8 Å². The Kier molecular flexibility index (Phi) is 10.2. The number of hydrogen-bond donors (Lipinski definition) is 2. The van der Waals surface area contributed by atoms with Crippen LogP contribution in [0.1, 0.15) is 28.7 Å². The van der Waals surface area contributed by atoms with E-state index in [2.05, 4.69) is 10.3 Å². The Balaban J connectivity index is 1.52. The van der Waals surface area contributed by atoms with Crippen LogP contribution >= 0.6 is 0 Å². The first-order chi connectivity index (χ1) is 20.1. The van der Waals surface area contributed by atoms with Crippen LogP contribution in [0.2, 0.25) is 0 Å². The van der Waals surface area contributed by atoms with Gasteiger partial charge >= 0.3 is 12.2 Å². The van der Waals surface area contributed by atoms with Crippen LogP contribution in [-0.2, 0) is 28.7 Å². The fourth-order valence-electron chi connectivity index (χ4n) is 4.69. The number of benzene rings is 3. The van der Waals surface area contributed by atoms with Gasteiger partial charge in [-0.1, -0.05) is 54.1 Å². The number of halogens is 3. The van der Waals surface area contributed by atoms with Gasteiger partial charge in [-0.05, 0) is 55.2 Å². The molecule has 0 spiro atoms. The number of anilines is 1. The molecule has 1 heterocycles. The van der Waals surface area contributed by atoms with Crippen LogP contribution in [0.4, 0.5) is 23.7 Å². The summed E-state index contributed by atoms with van der Waals surface area (Å²) in [6.07, 6.45) is -1.55. The van der Waals surface area contributed by atoms with Gasteiger partial charge in [-0.2, -0.15) is 13.2 Å². The minimum absolute atomic E-state index is 0.00476. The Hall–Kier alpha value is -4.31. The molecule has 3 amide bonds. The van der Waals surface area contributed by atoms with Gasteiger partial charge in [-0.3, -0.25) is 4.79 Å². The van der Waals surface area contributed by atoms with Gasteiger partial charge in [0, 0.05) is 56.1 Å². The number of carbonyl (C=O) groups excluding carboxylic acids is 2. The number of carbonyl (C=O) groups is 2. The summed E-state index contributed by atoms with van der Waals surface area (Å²) in [6.45, 7) is 3.05. The lowest BCUT2D eigenvalue weighted by molar-refractivity contribution is -0.137. The summed E-state index contributed by atoms with van der Waals surface area (Å²) >= 11 is 0. The third-order valence-corrected chi connectivity index (χ3v) is 7.00. The molecule has 0 aliphatic carbocycles. The van der Waals surface area contributed by atoms with E-state index in [9.17, 15) is 22.8 Å². The van der Waals surface area contributed by atoms with Crippen molar-refractivity contribution < 1.29 is 27.5 Å². The Labute approximate surface area is 243 Å². The van der Waals surface area contributed by atoms with Gasteiger partial charge in [0.15, 0.2) is 0 Å². The first-order valence-corrected chi connectivity index (χ1v) is 13.7. The average Bonchev–Trinajstić information content (AvgIpc) is 3.38. The summed E-state index contributed by atoms with van der Waals surface area (Å²) in [6, 6.07) is 19.6. The lowest BCUT2D eigenvalue weighted by Crippen LogP contribution is -2.45. The molecule has 2 N–H and O–H groups in total. The molecular weight excluding hydrogens is 545 g/mol. The Morgan fingerprint density at radius 1 is 0.952 bits per heavy atom. The van der Waals surface area contributed by atoms with Gasteiger partial charge in [0.2, 0.25) is 5.91 Å². The molecule has 42 heavy (non-hydrogen) atoms. The van der Waals surface area contributed by atoms with Crippen LogP contribution in [-0.4, -0.2) is 60.1 Å². The van der Waals surface area contributed by atoms with Gasteiger partial charge in [0.1, 0.15) is 6.54 Å². The van der Waals surface area contributed by atoms with E-state index in [4.69, 9.17) is 4.74 Å². The molecule has 3 aromatic carbocycles. The number of aryl methyl sites for hydroxylation is 1. The summed E-state index contributed by atoms with van der Waals surface area (Å²) in [5, 5.41) is 3.61. The highest BCUT2D eigenvalue weighted by Crippen LogP contribution is 2.30. The zero-order chi connectivity index (χ0) is 30.1. The molecule has 0 unspecified atom stereocenters. The van der Waals surface area contributed by atoms with E-state index in [-0.39, 0.29) is 24.7 Å². The maximum absolute atomic E-state index is 13.7. The number of nitrogens with zero attached hydrogens (tertiary/aromatic N) is 2. The van der Waals surface area contributed by atoms with Crippen molar-refractivity contribution in [2.45, 2.75) is 32.5 Å². The molecule has 222 valence electrons. The Morgan fingerprint density at radius 2 is 1.71 bits per heavy atom. The van der Waals surface area contributed by atoms with Gasteiger partial charge in [0.05, 0.1) is 5.56 Å². The molecule has 0 atom stereocenters. The number of H-pyrrole nitrogens is 1. The first kappa shape index (κ1) is 30.6. The van der Waals surface area contributed by atoms with Crippen molar-refractivity contribution >= 4 is 28.5 Å². The molecule has 0 aliphatic rings. The van der Waals surface area contributed by atoms with Crippen LogP contribution in [0.3, 0.4) is 0 Å². The molecular formula is C32H35F3N4O3. The molecule has 0 bridgehead atoms. The van der Waals surface area contributed by atoms with E-state index in [0.29, 0.717) is 32.5 Å².